The van der Waals surface area contributed by atoms with Crippen LogP contribution in [0.4, 0.5) is 5.69 Å². The van der Waals surface area contributed by atoms with Crippen molar-refractivity contribution in [1.82, 2.24) is 0 Å². The molecule has 0 heterocycles. The van der Waals surface area contributed by atoms with E-state index in [2.05, 4.69) is 5.32 Å². The molecule has 2 aromatic carbocycles. The third kappa shape index (κ3) is 3.21. The normalized spacial score (nSPS) is 9.76. The predicted molar refractivity (Wildman–Crippen MR) is 81.5 cm³/mol. The van der Waals surface area contributed by atoms with E-state index in [1.165, 1.54) is 7.11 Å². The van der Waals surface area contributed by atoms with Crippen LogP contribution < -0.4 is 10.1 Å². The van der Waals surface area contributed by atoms with Gasteiger partial charge in [0.2, 0.25) is 0 Å². The molecule has 106 valence electrons. The summed E-state index contributed by atoms with van der Waals surface area (Å²) in [6, 6.07) is 14.4. The van der Waals surface area contributed by atoms with Gasteiger partial charge in [-0.25, -0.2) is 0 Å². The number of rotatable bonds is 4. The summed E-state index contributed by atoms with van der Waals surface area (Å²) in [5, 5.41) is 11.7. The topological polar surface area (TPSA) is 62.1 Å². The Morgan fingerprint density at radius 1 is 1.29 bits per heavy atom. The molecule has 0 saturated carbocycles. The summed E-state index contributed by atoms with van der Waals surface area (Å²) in [5.41, 5.74) is 2.67. The zero-order chi connectivity index (χ0) is 15.2. The lowest BCUT2D eigenvalue weighted by atomic mass is 10.0. The van der Waals surface area contributed by atoms with Crippen LogP contribution in [0.3, 0.4) is 0 Å². The molecule has 1 N–H and O–H groups in total. The Hall–Kier alpha value is -2.80. The number of carbonyl (C=O) groups is 1. The molecule has 0 aliphatic heterocycles. The van der Waals surface area contributed by atoms with Gasteiger partial charge in [-0.05, 0) is 30.2 Å². The minimum Gasteiger partial charge on any atom is -0.495 e. The Bertz CT molecular complexity index is 702. The molecule has 1 amide bonds. The maximum Gasteiger partial charge on any atom is 0.256 e. The zero-order valence-corrected chi connectivity index (χ0v) is 12.0. The number of carbonyl (C=O) groups excluding carboxylic acids is 1. The second kappa shape index (κ2) is 6.58. The molecule has 2 aromatic rings. The number of nitrogens with one attached hydrogen (secondary N) is 1. The minimum absolute atomic E-state index is 0.185. The number of nitriles is 1. The van der Waals surface area contributed by atoms with Crippen LogP contribution in [0.25, 0.3) is 0 Å². The van der Waals surface area contributed by atoms with Gasteiger partial charge in [0.25, 0.3) is 5.91 Å². The molecular weight excluding hydrogens is 264 g/mol. The molecule has 0 unspecified atom stereocenters. The first-order chi connectivity index (χ1) is 10.2. The highest BCUT2D eigenvalue weighted by Crippen LogP contribution is 2.26. The maximum atomic E-state index is 12.4. The second-order valence-corrected chi connectivity index (χ2v) is 4.49. The first kappa shape index (κ1) is 14.6. The molecule has 0 fully saturated rings. The van der Waals surface area contributed by atoms with Crippen molar-refractivity contribution in [3.63, 3.8) is 0 Å². The number of methoxy groups -OCH3 is 1. The van der Waals surface area contributed by atoms with Gasteiger partial charge < -0.3 is 10.1 Å². The third-order valence-electron chi connectivity index (χ3n) is 3.22. The quantitative estimate of drug-likeness (QED) is 0.933. The summed E-state index contributed by atoms with van der Waals surface area (Å²) in [7, 11) is 1.51. The molecule has 0 radical (unpaired) electrons. The molecule has 0 spiro atoms. The Kier molecular flexibility index (Phi) is 4.57. The summed E-state index contributed by atoms with van der Waals surface area (Å²) < 4.78 is 5.22. The first-order valence-electron chi connectivity index (χ1n) is 6.67. The van der Waals surface area contributed by atoms with Crippen LogP contribution in [0, 0.1) is 11.3 Å². The fourth-order valence-electron chi connectivity index (χ4n) is 2.10. The van der Waals surface area contributed by atoms with Crippen molar-refractivity contribution in [2.75, 3.05) is 12.4 Å². The molecule has 0 aliphatic carbocycles. The largest absolute Gasteiger partial charge is 0.495 e. The SMILES string of the molecule is CCc1ccccc1C(=O)Nc1ccc(C#N)cc1OC. The molecule has 0 aliphatic rings. The first-order valence-corrected chi connectivity index (χ1v) is 6.67. The molecular formula is C17H16N2O2. The number of ether oxygens (including phenoxy) is 1. The lowest BCUT2D eigenvalue weighted by molar-refractivity contribution is 0.102. The van der Waals surface area contributed by atoms with E-state index in [1.54, 1.807) is 24.3 Å². The molecule has 21 heavy (non-hydrogen) atoms. The van der Waals surface area contributed by atoms with E-state index in [9.17, 15) is 4.79 Å². The van der Waals surface area contributed by atoms with Crippen LogP contribution in [-0.4, -0.2) is 13.0 Å². The van der Waals surface area contributed by atoms with E-state index in [1.807, 2.05) is 31.2 Å². The summed E-state index contributed by atoms with van der Waals surface area (Å²) >= 11 is 0. The number of anilines is 1. The number of nitrogens with zero attached hydrogens (tertiary/aromatic N) is 1. The number of amides is 1. The average Bonchev–Trinajstić information content (AvgIpc) is 2.55. The van der Waals surface area contributed by atoms with E-state index in [0.29, 0.717) is 22.6 Å². The van der Waals surface area contributed by atoms with Crippen LogP contribution in [0.1, 0.15) is 28.4 Å². The monoisotopic (exact) mass is 280 g/mol. The number of hydrogen-bond donors (Lipinski definition) is 1. The predicted octanol–water partition coefficient (Wildman–Crippen LogP) is 3.38. The standard InChI is InChI=1S/C17H16N2O2/c1-3-13-6-4-5-7-14(13)17(20)19-15-9-8-12(11-18)10-16(15)21-2/h4-10H,3H2,1-2H3,(H,19,20). The van der Waals surface area contributed by atoms with E-state index < -0.39 is 0 Å². The van der Waals surface area contributed by atoms with Gasteiger partial charge in [0, 0.05) is 11.6 Å². The molecule has 0 bridgehead atoms. The van der Waals surface area contributed by atoms with E-state index >= 15 is 0 Å². The zero-order valence-electron chi connectivity index (χ0n) is 12.0. The highest BCUT2D eigenvalue weighted by molar-refractivity contribution is 6.06. The fraction of sp³-hybridized carbons (Fsp3) is 0.176. The third-order valence-corrected chi connectivity index (χ3v) is 3.22. The van der Waals surface area contributed by atoms with Gasteiger partial charge in [-0.3, -0.25) is 4.79 Å². The molecule has 2 rings (SSSR count). The maximum absolute atomic E-state index is 12.4. The summed E-state index contributed by atoms with van der Waals surface area (Å²) in [5.74, 6) is 0.284. The molecule has 0 atom stereocenters. The van der Waals surface area contributed by atoms with Crippen LogP contribution in [0.15, 0.2) is 42.5 Å². The van der Waals surface area contributed by atoms with Gasteiger partial charge >= 0.3 is 0 Å². The van der Waals surface area contributed by atoms with Gasteiger partial charge in [-0.1, -0.05) is 25.1 Å². The van der Waals surface area contributed by atoms with Crippen molar-refractivity contribution in [3.8, 4) is 11.8 Å². The van der Waals surface area contributed by atoms with Crippen molar-refractivity contribution in [3.05, 3.63) is 59.2 Å². The van der Waals surface area contributed by atoms with Crippen LogP contribution in [0.5, 0.6) is 5.75 Å². The fourth-order valence-corrected chi connectivity index (χ4v) is 2.10. The number of hydrogen-bond acceptors (Lipinski definition) is 3. The number of benzene rings is 2. The minimum atomic E-state index is -0.185. The van der Waals surface area contributed by atoms with Crippen molar-refractivity contribution >= 4 is 11.6 Å². The number of aryl methyl sites for hydroxylation is 1. The van der Waals surface area contributed by atoms with Crippen molar-refractivity contribution in [2.24, 2.45) is 0 Å². The Morgan fingerprint density at radius 3 is 2.71 bits per heavy atom. The lowest BCUT2D eigenvalue weighted by Crippen LogP contribution is -2.14. The van der Waals surface area contributed by atoms with Gasteiger partial charge in [0.15, 0.2) is 0 Å². The van der Waals surface area contributed by atoms with E-state index in [4.69, 9.17) is 10.00 Å². The average molecular weight is 280 g/mol. The molecule has 0 aromatic heterocycles. The van der Waals surface area contributed by atoms with Crippen molar-refractivity contribution in [1.29, 1.82) is 5.26 Å². The summed E-state index contributed by atoms with van der Waals surface area (Å²) in [6.07, 6.45) is 0.786. The van der Waals surface area contributed by atoms with Crippen molar-refractivity contribution < 1.29 is 9.53 Å². The van der Waals surface area contributed by atoms with Crippen molar-refractivity contribution in [2.45, 2.75) is 13.3 Å². The summed E-state index contributed by atoms with van der Waals surface area (Å²) in [4.78, 5) is 12.4. The van der Waals surface area contributed by atoms with E-state index in [0.717, 1.165) is 12.0 Å². The Balaban J connectivity index is 2.30. The highest BCUT2D eigenvalue weighted by atomic mass is 16.5. The second-order valence-electron chi connectivity index (χ2n) is 4.49. The summed E-state index contributed by atoms with van der Waals surface area (Å²) in [6.45, 7) is 2.01. The van der Waals surface area contributed by atoms with Gasteiger partial charge in [-0.2, -0.15) is 5.26 Å². The Morgan fingerprint density at radius 2 is 2.05 bits per heavy atom. The van der Waals surface area contributed by atoms with Gasteiger partial charge in [0.1, 0.15) is 5.75 Å². The Labute approximate surface area is 124 Å². The van der Waals surface area contributed by atoms with Crippen LogP contribution >= 0.6 is 0 Å². The lowest BCUT2D eigenvalue weighted by Gasteiger charge is -2.12. The molecule has 4 nitrogen and oxygen atoms in total. The smallest absolute Gasteiger partial charge is 0.256 e. The van der Waals surface area contributed by atoms with Crippen LogP contribution in [0.2, 0.25) is 0 Å². The molecule has 4 heteroatoms. The van der Waals surface area contributed by atoms with Gasteiger partial charge in [-0.15, -0.1) is 0 Å². The van der Waals surface area contributed by atoms with Gasteiger partial charge in [0.05, 0.1) is 24.4 Å². The van der Waals surface area contributed by atoms with E-state index in [-0.39, 0.29) is 5.91 Å². The van der Waals surface area contributed by atoms with Crippen LogP contribution in [-0.2, 0) is 6.42 Å². The highest BCUT2D eigenvalue weighted by Gasteiger charge is 2.12. The molecule has 0 saturated heterocycles.